The van der Waals surface area contributed by atoms with Gasteiger partial charge in [-0.1, -0.05) is 0 Å². The van der Waals surface area contributed by atoms with Gasteiger partial charge >= 0.3 is 0 Å². The average molecular weight is 196 g/mol. The molecular weight excluding hydrogens is 180 g/mol. The van der Waals surface area contributed by atoms with Crippen molar-refractivity contribution >= 4 is 23.1 Å². The van der Waals surface area contributed by atoms with E-state index >= 15 is 0 Å². The van der Waals surface area contributed by atoms with Crippen LogP contribution >= 0.6 is 11.8 Å². The SMILES string of the molecule is CSc1c(C)c(C)c(N)c(N)c1C. The molecule has 1 aromatic carbocycles. The second kappa shape index (κ2) is 3.50. The third kappa shape index (κ3) is 1.48. The molecule has 0 heterocycles. The Morgan fingerprint density at radius 2 is 1.31 bits per heavy atom. The summed E-state index contributed by atoms with van der Waals surface area (Å²) < 4.78 is 0. The van der Waals surface area contributed by atoms with Gasteiger partial charge in [-0.15, -0.1) is 11.8 Å². The fourth-order valence-electron chi connectivity index (χ4n) is 1.49. The molecule has 2 nitrogen and oxygen atoms in total. The molecule has 0 saturated heterocycles. The number of benzene rings is 1. The first-order valence-corrected chi connectivity index (χ1v) is 5.41. The van der Waals surface area contributed by atoms with Gasteiger partial charge in [0.2, 0.25) is 0 Å². The van der Waals surface area contributed by atoms with Crippen molar-refractivity contribution in [2.45, 2.75) is 25.7 Å². The van der Waals surface area contributed by atoms with E-state index in [1.165, 1.54) is 10.5 Å². The van der Waals surface area contributed by atoms with Gasteiger partial charge in [0.1, 0.15) is 0 Å². The topological polar surface area (TPSA) is 52.0 Å². The van der Waals surface area contributed by atoms with E-state index in [1.807, 2.05) is 13.8 Å². The van der Waals surface area contributed by atoms with Crippen LogP contribution in [0.3, 0.4) is 0 Å². The van der Waals surface area contributed by atoms with E-state index in [9.17, 15) is 0 Å². The van der Waals surface area contributed by atoms with Crippen LogP contribution in [-0.4, -0.2) is 6.26 Å². The number of hydrogen-bond donors (Lipinski definition) is 2. The Labute approximate surface area is 83.7 Å². The van der Waals surface area contributed by atoms with E-state index in [-0.39, 0.29) is 0 Å². The smallest absolute Gasteiger partial charge is 0.0591 e. The zero-order valence-electron chi connectivity index (χ0n) is 8.56. The van der Waals surface area contributed by atoms with Crippen LogP contribution in [0, 0.1) is 20.8 Å². The maximum atomic E-state index is 5.89. The van der Waals surface area contributed by atoms with Gasteiger partial charge in [0.15, 0.2) is 0 Å². The highest BCUT2D eigenvalue weighted by Crippen LogP contribution is 2.35. The summed E-state index contributed by atoms with van der Waals surface area (Å²) >= 11 is 1.72. The third-order valence-corrected chi connectivity index (χ3v) is 3.57. The number of hydrogen-bond acceptors (Lipinski definition) is 3. The molecule has 0 radical (unpaired) electrons. The summed E-state index contributed by atoms with van der Waals surface area (Å²) in [5.74, 6) is 0. The molecule has 0 bridgehead atoms. The normalized spacial score (nSPS) is 10.5. The van der Waals surface area contributed by atoms with Crippen molar-refractivity contribution in [1.29, 1.82) is 0 Å². The van der Waals surface area contributed by atoms with Crippen LogP contribution in [0.2, 0.25) is 0 Å². The molecule has 0 aliphatic heterocycles. The molecule has 0 unspecified atom stereocenters. The molecule has 0 amide bonds. The molecule has 72 valence electrons. The fraction of sp³-hybridized carbons (Fsp3) is 0.400. The van der Waals surface area contributed by atoms with E-state index in [0.717, 1.165) is 22.5 Å². The largest absolute Gasteiger partial charge is 0.397 e. The summed E-state index contributed by atoms with van der Waals surface area (Å²) in [6.45, 7) is 6.12. The van der Waals surface area contributed by atoms with Crippen LogP contribution < -0.4 is 11.5 Å². The van der Waals surface area contributed by atoms with Gasteiger partial charge < -0.3 is 11.5 Å². The Kier molecular flexibility index (Phi) is 2.76. The molecule has 1 aromatic rings. The number of nitrogens with two attached hydrogens (primary N) is 2. The van der Waals surface area contributed by atoms with Gasteiger partial charge in [-0.3, -0.25) is 0 Å². The molecule has 13 heavy (non-hydrogen) atoms. The van der Waals surface area contributed by atoms with Crippen LogP contribution in [0.1, 0.15) is 16.7 Å². The van der Waals surface area contributed by atoms with Crippen molar-refractivity contribution < 1.29 is 0 Å². The number of rotatable bonds is 1. The summed E-state index contributed by atoms with van der Waals surface area (Å²) in [6.07, 6.45) is 2.06. The molecular formula is C10H16N2S. The van der Waals surface area contributed by atoms with Crippen LogP contribution in [0.25, 0.3) is 0 Å². The maximum absolute atomic E-state index is 5.89. The lowest BCUT2D eigenvalue weighted by Crippen LogP contribution is -2.03. The third-order valence-electron chi connectivity index (χ3n) is 2.55. The van der Waals surface area contributed by atoms with Gasteiger partial charge in [0.25, 0.3) is 0 Å². The lowest BCUT2D eigenvalue weighted by molar-refractivity contribution is 1.18. The Hall–Kier alpha value is -0.830. The number of thioether (sulfide) groups is 1. The highest BCUT2D eigenvalue weighted by Gasteiger charge is 2.11. The molecule has 0 fully saturated rings. The first-order chi connectivity index (χ1) is 6.00. The summed E-state index contributed by atoms with van der Waals surface area (Å²) in [7, 11) is 0. The zero-order valence-corrected chi connectivity index (χ0v) is 9.38. The first-order valence-electron chi connectivity index (χ1n) is 4.19. The monoisotopic (exact) mass is 196 g/mol. The lowest BCUT2D eigenvalue weighted by Gasteiger charge is -2.15. The molecule has 0 atom stereocenters. The minimum atomic E-state index is 0.729. The van der Waals surface area contributed by atoms with Crippen LogP contribution in [0.4, 0.5) is 11.4 Å². The van der Waals surface area contributed by atoms with Crippen molar-refractivity contribution in [3.8, 4) is 0 Å². The van der Waals surface area contributed by atoms with Gasteiger partial charge in [-0.25, -0.2) is 0 Å². The van der Waals surface area contributed by atoms with Gasteiger partial charge in [0.05, 0.1) is 11.4 Å². The highest BCUT2D eigenvalue weighted by molar-refractivity contribution is 7.98. The summed E-state index contributed by atoms with van der Waals surface area (Å²) in [5, 5.41) is 0. The standard InChI is InChI=1S/C10H16N2S/c1-5-6(2)10(13-4)7(3)9(12)8(5)11/h11-12H2,1-4H3. The Morgan fingerprint density at radius 1 is 0.846 bits per heavy atom. The van der Waals surface area contributed by atoms with E-state index in [0.29, 0.717) is 0 Å². The molecule has 4 N–H and O–H groups in total. The second-order valence-electron chi connectivity index (χ2n) is 3.24. The second-order valence-corrected chi connectivity index (χ2v) is 4.05. The number of nitrogen functional groups attached to an aromatic ring is 2. The maximum Gasteiger partial charge on any atom is 0.0591 e. The molecule has 0 saturated carbocycles. The fourth-order valence-corrected chi connectivity index (χ4v) is 2.36. The van der Waals surface area contributed by atoms with Crippen molar-refractivity contribution in [2.75, 3.05) is 17.7 Å². The van der Waals surface area contributed by atoms with Crippen molar-refractivity contribution in [3.63, 3.8) is 0 Å². The van der Waals surface area contributed by atoms with Crippen molar-refractivity contribution in [1.82, 2.24) is 0 Å². The van der Waals surface area contributed by atoms with E-state index in [4.69, 9.17) is 11.5 Å². The predicted molar refractivity (Wildman–Crippen MR) is 61.3 cm³/mol. The summed E-state index contributed by atoms with van der Waals surface area (Å²) in [5.41, 5.74) is 16.7. The molecule has 0 spiro atoms. The van der Waals surface area contributed by atoms with Crippen LogP contribution in [0.5, 0.6) is 0 Å². The van der Waals surface area contributed by atoms with Crippen molar-refractivity contribution in [2.24, 2.45) is 0 Å². The summed E-state index contributed by atoms with van der Waals surface area (Å²) in [4.78, 5) is 1.25. The minimum absolute atomic E-state index is 0.729. The predicted octanol–water partition coefficient (Wildman–Crippen LogP) is 2.50. The zero-order chi connectivity index (χ0) is 10.2. The van der Waals surface area contributed by atoms with Crippen LogP contribution in [0.15, 0.2) is 4.90 Å². The lowest BCUT2D eigenvalue weighted by atomic mass is 10.0. The van der Waals surface area contributed by atoms with E-state index in [2.05, 4.69) is 13.2 Å². The molecule has 0 aliphatic carbocycles. The highest BCUT2D eigenvalue weighted by atomic mass is 32.2. The molecule has 1 rings (SSSR count). The number of anilines is 2. The first kappa shape index (κ1) is 10.3. The van der Waals surface area contributed by atoms with Gasteiger partial charge in [-0.2, -0.15) is 0 Å². The van der Waals surface area contributed by atoms with E-state index in [1.54, 1.807) is 11.8 Å². The minimum Gasteiger partial charge on any atom is -0.397 e. The summed E-state index contributed by atoms with van der Waals surface area (Å²) in [6, 6.07) is 0. The molecule has 0 aliphatic rings. The molecule has 0 aromatic heterocycles. The Balaban J connectivity index is 3.56. The Bertz CT molecular complexity index is 316. The Morgan fingerprint density at radius 3 is 1.77 bits per heavy atom. The molecule has 3 heteroatoms. The van der Waals surface area contributed by atoms with E-state index < -0.39 is 0 Å². The quantitative estimate of drug-likeness (QED) is 0.536. The van der Waals surface area contributed by atoms with Gasteiger partial charge in [-0.05, 0) is 43.7 Å². The van der Waals surface area contributed by atoms with Crippen LogP contribution in [-0.2, 0) is 0 Å². The average Bonchev–Trinajstić information content (AvgIpc) is 2.13. The van der Waals surface area contributed by atoms with Gasteiger partial charge in [0, 0.05) is 4.90 Å². The van der Waals surface area contributed by atoms with Crippen molar-refractivity contribution in [3.05, 3.63) is 16.7 Å².